The summed E-state index contributed by atoms with van der Waals surface area (Å²) in [6, 6.07) is 7.98. The summed E-state index contributed by atoms with van der Waals surface area (Å²) in [7, 11) is 0. The summed E-state index contributed by atoms with van der Waals surface area (Å²) >= 11 is 0. The fourth-order valence-corrected chi connectivity index (χ4v) is 3.42. The molecule has 1 aliphatic rings. The van der Waals surface area contributed by atoms with E-state index in [4.69, 9.17) is 4.98 Å². The van der Waals surface area contributed by atoms with Crippen molar-refractivity contribution >= 4 is 22.6 Å². The quantitative estimate of drug-likeness (QED) is 0.801. The summed E-state index contributed by atoms with van der Waals surface area (Å²) in [6.45, 7) is 6.82. The molecule has 0 fully saturated rings. The van der Waals surface area contributed by atoms with Gasteiger partial charge in [-0.2, -0.15) is 0 Å². The van der Waals surface area contributed by atoms with Gasteiger partial charge in [0.25, 0.3) is 0 Å². The lowest BCUT2D eigenvalue weighted by Crippen LogP contribution is -2.36. The number of carbonyl (C=O) groups excluding carboxylic acids is 1. The van der Waals surface area contributed by atoms with Gasteiger partial charge in [-0.05, 0) is 50.1 Å². The molecular formula is C19H20N4O. The van der Waals surface area contributed by atoms with E-state index >= 15 is 0 Å². The van der Waals surface area contributed by atoms with Gasteiger partial charge in [0.05, 0.1) is 22.1 Å². The zero-order valence-electron chi connectivity index (χ0n) is 14.1. The van der Waals surface area contributed by atoms with Gasteiger partial charge in [-0.15, -0.1) is 0 Å². The molecule has 0 spiro atoms. The lowest BCUT2D eigenvalue weighted by atomic mass is 9.86. The first-order valence-electron chi connectivity index (χ1n) is 8.29. The number of aromatic nitrogens is 3. The Balaban J connectivity index is 1.89. The molecule has 122 valence electrons. The minimum absolute atomic E-state index is 0.168. The molecule has 5 heteroatoms. The van der Waals surface area contributed by atoms with Crippen LogP contribution in [0.1, 0.15) is 32.8 Å². The highest BCUT2D eigenvalue weighted by Crippen LogP contribution is 2.43. The summed E-state index contributed by atoms with van der Waals surface area (Å²) in [5, 5.41) is 0. The van der Waals surface area contributed by atoms with Gasteiger partial charge < -0.3 is 9.88 Å². The van der Waals surface area contributed by atoms with E-state index in [1.807, 2.05) is 36.9 Å². The minimum Gasteiger partial charge on any atom is -0.338 e. The molecule has 0 atom stereocenters. The van der Waals surface area contributed by atoms with Crippen LogP contribution in [0.4, 0.5) is 5.69 Å². The van der Waals surface area contributed by atoms with Crippen LogP contribution < -0.4 is 4.90 Å². The molecule has 0 bridgehead atoms. The first-order chi connectivity index (χ1) is 11.5. The molecular weight excluding hydrogens is 300 g/mol. The number of nitrogens with one attached hydrogen (secondary N) is 1. The number of nitrogens with zero attached hydrogens (tertiary/aromatic N) is 3. The second-order valence-corrected chi connectivity index (χ2v) is 6.79. The number of pyridine rings is 1. The van der Waals surface area contributed by atoms with E-state index in [9.17, 15) is 4.79 Å². The largest absolute Gasteiger partial charge is 0.338 e. The fourth-order valence-electron chi connectivity index (χ4n) is 3.42. The molecule has 1 N–H and O–H groups in total. The maximum atomic E-state index is 12.8. The average Bonchev–Trinajstić information content (AvgIpc) is 3.08. The molecule has 0 unspecified atom stereocenters. The van der Waals surface area contributed by atoms with E-state index < -0.39 is 5.41 Å². The van der Waals surface area contributed by atoms with E-state index in [1.54, 1.807) is 12.4 Å². The van der Waals surface area contributed by atoms with Crippen molar-refractivity contribution in [3.8, 4) is 11.4 Å². The van der Waals surface area contributed by atoms with Gasteiger partial charge in [0.2, 0.25) is 5.91 Å². The first kappa shape index (κ1) is 14.9. The van der Waals surface area contributed by atoms with Crippen LogP contribution in [0.5, 0.6) is 0 Å². The highest BCUT2D eigenvalue weighted by Gasteiger charge is 2.43. The Hall–Kier alpha value is -2.69. The summed E-state index contributed by atoms with van der Waals surface area (Å²) in [4.78, 5) is 26.8. The molecule has 1 aliphatic heterocycles. The predicted octanol–water partition coefficient (Wildman–Crippen LogP) is 3.66. The first-order valence-corrected chi connectivity index (χ1v) is 8.29. The predicted molar refractivity (Wildman–Crippen MR) is 95.0 cm³/mol. The maximum absolute atomic E-state index is 12.8. The number of amides is 1. The third-order valence-electron chi connectivity index (χ3n) is 4.74. The lowest BCUT2D eigenvalue weighted by molar-refractivity contribution is -0.122. The number of hydrogen-bond acceptors (Lipinski definition) is 3. The van der Waals surface area contributed by atoms with E-state index in [1.165, 1.54) is 0 Å². The van der Waals surface area contributed by atoms with E-state index in [-0.39, 0.29) is 5.91 Å². The smallest absolute Gasteiger partial charge is 0.237 e. The van der Waals surface area contributed by atoms with Crippen molar-refractivity contribution in [1.29, 1.82) is 0 Å². The van der Waals surface area contributed by atoms with Crippen molar-refractivity contribution in [2.75, 3.05) is 11.4 Å². The summed E-state index contributed by atoms with van der Waals surface area (Å²) in [5.41, 5.74) is 4.40. The normalized spacial score (nSPS) is 16.0. The van der Waals surface area contributed by atoms with Crippen LogP contribution >= 0.6 is 0 Å². The number of imidazole rings is 1. The lowest BCUT2D eigenvalue weighted by Gasteiger charge is -2.19. The Kier molecular flexibility index (Phi) is 3.20. The van der Waals surface area contributed by atoms with Crippen LogP contribution in [0.3, 0.4) is 0 Å². The molecule has 24 heavy (non-hydrogen) atoms. The number of benzene rings is 1. The van der Waals surface area contributed by atoms with Crippen LogP contribution in [-0.4, -0.2) is 27.4 Å². The van der Waals surface area contributed by atoms with E-state index in [2.05, 4.69) is 23.0 Å². The second-order valence-electron chi connectivity index (χ2n) is 6.79. The number of rotatable bonds is 3. The second kappa shape index (κ2) is 5.16. The molecule has 3 heterocycles. The molecule has 1 aromatic carbocycles. The summed E-state index contributed by atoms with van der Waals surface area (Å²) in [6.07, 6.45) is 4.45. The molecule has 0 aliphatic carbocycles. The molecule has 0 radical (unpaired) electrons. The van der Waals surface area contributed by atoms with Crippen LogP contribution in [0, 0.1) is 0 Å². The highest BCUT2D eigenvalue weighted by molar-refractivity contribution is 6.09. The molecule has 0 saturated carbocycles. The molecule has 0 saturated heterocycles. The van der Waals surface area contributed by atoms with Gasteiger partial charge in [0.15, 0.2) is 0 Å². The molecule has 4 rings (SSSR count). The minimum atomic E-state index is -0.499. The van der Waals surface area contributed by atoms with Gasteiger partial charge in [-0.3, -0.25) is 9.78 Å². The molecule has 2 aromatic heterocycles. The molecule has 1 amide bonds. The van der Waals surface area contributed by atoms with Gasteiger partial charge in [-0.1, -0.05) is 6.92 Å². The van der Waals surface area contributed by atoms with Gasteiger partial charge in [-0.25, -0.2) is 4.98 Å². The monoisotopic (exact) mass is 320 g/mol. The number of fused-ring (bicyclic) bond motifs is 2. The zero-order valence-corrected chi connectivity index (χ0v) is 14.1. The number of hydrogen-bond donors (Lipinski definition) is 1. The van der Waals surface area contributed by atoms with Crippen molar-refractivity contribution < 1.29 is 4.79 Å². The topological polar surface area (TPSA) is 61.9 Å². The molecule has 5 nitrogen and oxygen atoms in total. The highest BCUT2D eigenvalue weighted by atomic mass is 16.2. The number of carbonyl (C=O) groups is 1. The summed E-state index contributed by atoms with van der Waals surface area (Å²) < 4.78 is 0. The standard InChI is InChI=1S/C19H20N4O/c1-4-9-23-16-11-15-14(10-13(16)19(2,3)18(23)24)21-17(22-15)12-5-7-20-8-6-12/h5-8,10-11H,4,9H2,1-3H3,(H,21,22). The Labute approximate surface area is 140 Å². The average molecular weight is 320 g/mol. The van der Waals surface area contributed by atoms with E-state index in [0.29, 0.717) is 0 Å². The Bertz CT molecular complexity index is 927. The number of anilines is 1. The van der Waals surface area contributed by atoms with Crippen molar-refractivity contribution in [3.05, 3.63) is 42.2 Å². The van der Waals surface area contributed by atoms with Crippen molar-refractivity contribution in [3.63, 3.8) is 0 Å². The Morgan fingerprint density at radius 1 is 1.21 bits per heavy atom. The van der Waals surface area contributed by atoms with Crippen LogP contribution in [-0.2, 0) is 10.2 Å². The summed E-state index contributed by atoms with van der Waals surface area (Å²) in [5.74, 6) is 0.989. The van der Waals surface area contributed by atoms with Gasteiger partial charge in [0.1, 0.15) is 5.82 Å². The van der Waals surface area contributed by atoms with E-state index in [0.717, 1.165) is 46.6 Å². The third-order valence-corrected chi connectivity index (χ3v) is 4.74. The van der Waals surface area contributed by atoms with Crippen molar-refractivity contribution in [1.82, 2.24) is 15.0 Å². The third kappa shape index (κ3) is 2.04. The Morgan fingerprint density at radius 2 is 1.96 bits per heavy atom. The van der Waals surface area contributed by atoms with Crippen molar-refractivity contribution in [2.45, 2.75) is 32.6 Å². The SMILES string of the molecule is CCCN1C(=O)C(C)(C)c2cc3[nH]c(-c4ccncc4)nc3cc21. The van der Waals surface area contributed by atoms with Gasteiger partial charge in [0, 0.05) is 24.5 Å². The molecule has 3 aromatic rings. The van der Waals surface area contributed by atoms with Crippen molar-refractivity contribution in [2.24, 2.45) is 0 Å². The maximum Gasteiger partial charge on any atom is 0.237 e. The zero-order chi connectivity index (χ0) is 16.9. The Morgan fingerprint density at radius 3 is 2.67 bits per heavy atom. The van der Waals surface area contributed by atoms with Crippen LogP contribution in [0.2, 0.25) is 0 Å². The van der Waals surface area contributed by atoms with Crippen LogP contribution in [0.15, 0.2) is 36.7 Å². The number of H-pyrrole nitrogens is 1. The van der Waals surface area contributed by atoms with Gasteiger partial charge >= 0.3 is 0 Å². The van der Waals surface area contributed by atoms with Crippen LogP contribution in [0.25, 0.3) is 22.4 Å². The fraction of sp³-hybridized carbons (Fsp3) is 0.316. The number of aromatic amines is 1.